The van der Waals surface area contributed by atoms with Crippen LogP contribution in [0.4, 0.5) is 5.69 Å². The van der Waals surface area contributed by atoms with E-state index in [1.54, 1.807) is 18.6 Å². The molecule has 0 aliphatic heterocycles. The fraction of sp³-hybridized carbons (Fsp3) is 0.0769. The van der Waals surface area contributed by atoms with Crippen molar-refractivity contribution in [3.05, 3.63) is 55.1 Å². The Morgan fingerprint density at radius 3 is 2.79 bits per heavy atom. The van der Waals surface area contributed by atoms with Crippen LogP contribution >= 0.6 is 0 Å². The fourth-order valence-corrected chi connectivity index (χ4v) is 1.62. The smallest absolute Gasteiger partial charge is 0.181 e. The molecule has 2 heterocycles. The number of H-pyrrole nitrogens is 1. The summed E-state index contributed by atoms with van der Waals surface area (Å²) in [4.78, 5) is 10.9. The highest BCUT2D eigenvalue weighted by Crippen LogP contribution is 2.22. The lowest BCUT2D eigenvalue weighted by molar-refractivity contribution is 0.572. The molecule has 0 atom stereocenters. The number of oxazole rings is 1. The number of nitrogens with one attached hydrogen (secondary N) is 1. The van der Waals surface area contributed by atoms with Crippen LogP contribution in [0.25, 0.3) is 11.3 Å². The van der Waals surface area contributed by atoms with Crippen LogP contribution < -0.4 is 0 Å². The van der Waals surface area contributed by atoms with E-state index in [-0.39, 0.29) is 0 Å². The first-order chi connectivity index (χ1) is 9.42. The van der Waals surface area contributed by atoms with Crippen LogP contribution in [0.3, 0.4) is 0 Å². The van der Waals surface area contributed by atoms with Gasteiger partial charge in [-0.25, -0.2) is 9.97 Å². The Morgan fingerprint density at radius 1 is 1.21 bits per heavy atom. The van der Waals surface area contributed by atoms with Crippen LogP contribution in [0.5, 0.6) is 0 Å². The minimum atomic E-state index is 0.441. The average molecular weight is 253 g/mol. The van der Waals surface area contributed by atoms with Crippen molar-refractivity contribution in [3.63, 3.8) is 0 Å². The van der Waals surface area contributed by atoms with E-state index in [1.165, 1.54) is 6.39 Å². The number of aromatic nitrogens is 3. The van der Waals surface area contributed by atoms with Gasteiger partial charge in [-0.05, 0) is 24.3 Å². The van der Waals surface area contributed by atoms with Crippen molar-refractivity contribution in [1.29, 1.82) is 0 Å². The standard InChI is InChI=1S/C13H11N5O/c1-3-11(18-17-8-13-15-5-6-16-13)4-2-10(1)12-7-14-9-19-12/h1-7,9H,8H2,(H,15,16). The Hall–Kier alpha value is -2.76. The zero-order valence-corrected chi connectivity index (χ0v) is 10.0. The summed E-state index contributed by atoms with van der Waals surface area (Å²) in [5.41, 5.74) is 1.75. The van der Waals surface area contributed by atoms with Gasteiger partial charge in [-0.15, -0.1) is 0 Å². The molecule has 6 heteroatoms. The largest absolute Gasteiger partial charge is 0.444 e. The van der Waals surface area contributed by atoms with E-state index in [9.17, 15) is 0 Å². The van der Waals surface area contributed by atoms with Gasteiger partial charge in [0, 0.05) is 18.0 Å². The number of imidazole rings is 1. The van der Waals surface area contributed by atoms with Gasteiger partial charge in [-0.3, -0.25) is 0 Å². The molecule has 3 aromatic rings. The third-order valence-electron chi connectivity index (χ3n) is 2.55. The van der Waals surface area contributed by atoms with Gasteiger partial charge in [0.15, 0.2) is 12.2 Å². The molecule has 0 spiro atoms. The maximum absolute atomic E-state index is 5.21. The van der Waals surface area contributed by atoms with E-state index < -0.39 is 0 Å². The van der Waals surface area contributed by atoms with E-state index >= 15 is 0 Å². The molecule has 0 saturated heterocycles. The molecule has 2 aromatic heterocycles. The quantitative estimate of drug-likeness (QED) is 0.724. The van der Waals surface area contributed by atoms with Gasteiger partial charge >= 0.3 is 0 Å². The van der Waals surface area contributed by atoms with Gasteiger partial charge in [-0.1, -0.05) is 0 Å². The molecule has 6 nitrogen and oxygen atoms in total. The summed E-state index contributed by atoms with van der Waals surface area (Å²) >= 11 is 0. The molecule has 0 unspecified atom stereocenters. The number of benzene rings is 1. The van der Waals surface area contributed by atoms with Crippen molar-refractivity contribution in [3.8, 4) is 11.3 Å². The van der Waals surface area contributed by atoms with Gasteiger partial charge in [0.05, 0.1) is 11.9 Å². The lowest BCUT2D eigenvalue weighted by atomic mass is 10.2. The van der Waals surface area contributed by atoms with Gasteiger partial charge in [0.25, 0.3) is 0 Å². The van der Waals surface area contributed by atoms with Gasteiger partial charge < -0.3 is 9.40 Å². The SMILES string of the molecule is c1c[nH]c(CN=Nc2ccc(-c3cnco3)cc2)n1. The van der Waals surface area contributed by atoms with Gasteiger partial charge in [0.2, 0.25) is 0 Å². The molecule has 0 aliphatic carbocycles. The normalized spacial score (nSPS) is 11.2. The maximum atomic E-state index is 5.21. The topological polar surface area (TPSA) is 79.4 Å². The summed E-state index contributed by atoms with van der Waals surface area (Å²) in [5, 5.41) is 8.19. The number of azo groups is 1. The summed E-state index contributed by atoms with van der Waals surface area (Å²) < 4.78 is 5.21. The summed E-state index contributed by atoms with van der Waals surface area (Å²) in [6.45, 7) is 0.441. The monoisotopic (exact) mass is 253 g/mol. The van der Waals surface area contributed by atoms with Crippen LogP contribution in [0.2, 0.25) is 0 Å². The summed E-state index contributed by atoms with van der Waals surface area (Å²) in [5.74, 6) is 1.53. The molecule has 1 aromatic carbocycles. The van der Waals surface area contributed by atoms with E-state index in [2.05, 4.69) is 25.2 Å². The van der Waals surface area contributed by atoms with E-state index in [4.69, 9.17) is 4.42 Å². The van der Waals surface area contributed by atoms with Crippen LogP contribution in [0.1, 0.15) is 5.82 Å². The van der Waals surface area contributed by atoms with Crippen LogP contribution in [0.15, 0.2) is 63.9 Å². The molecule has 0 bridgehead atoms. The van der Waals surface area contributed by atoms with E-state index in [1.807, 2.05) is 24.3 Å². The van der Waals surface area contributed by atoms with Crippen molar-refractivity contribution in [2.24, 2.45) is 10.2 Å². The lowest BCUT2D eigenvalue weighted by Crippen LogP contribution is -1.81. The first-order valence-corrected chi connectivity index (χ1v) is 5.76. The minimum Gasteiger partial charge on any atom is -0.444 e. The number of nitrogens with zero attached hydrogens (tertiary/aromatic N) is 4. The van der Waals surface area contributed by atoms with E-state index in [0.29, 0.717) is 6.54 Å². The third kappa shape index (κ3) is 2.74. The highest BCUT2D eigenvalue weighted by Gasteiger charge is 2.00. The van der Waals surface area contributed by atoms with Crippen LogP contribution in [0, 0.1) is 0 Å². The second-order valence-electron chi connectivity index (χ2n) is 3.85. The number of hydrogen-bond donors (Lipinski definition) is 1. The molecule has 0 amide bonds. The van der Waals surface area contributed by atoms with Crippen molar-refractivity contribution >= 4 is 5.69 Å². The number of rotatable bonds is 4. The lowest BCUT2D eigenvalue weighted by Gasteiger charge is -1.96. The zero-order valence-electron chi connectivity index (χ0n) is 10.0. The molecular weight excluding hydrogens is 242 g/mol. The highest BCUT2D eigenvalue weighted by molar-refractivity contribution is 5.59. The minimum absolute atomic E-state index is 0.441. The average Bonchev–Trinajstić information content (AvgIpc) is 3.13. The fourth-order valence-electron chi connectivity index (χ4n) is 1.62. The second-order valence-corrected chi connectivity index (χ2v) is 3.85. The Kier molecular flexibility index (Phi) is 3.14. The van der Waals surface area contributed by atoms with Crippen LogP contribution in [-0.2, 0) is 6.54 Å². The molecule has 19 heavy (non-hydrogen) atoms. The molecule has 0 fully saturated rings. The van der Waals surface area contributed by atoms with Crippen LogP contribution in [-0.4, -0.2) is 15.0 Å². The van der Waals surface area contributed by atoms with Gasteiger partial charge in [-0.2, -0.15) is 10.2 Å². The molecule has 94 valence electrons. The van der Waals surface area contributed by atoms with Crippen molar-refractivity contribution in [2.45, 2.75) is 6.54 Å². The first-order valence-electron chi connectivity index (χ1n) is 5.76. The summed E-state index contributed by atoms with van der Waals surface area (Å²) in [7, 11) is 0. The molecule has 1 N–H and O–H groups in total. The zero-order chi connectivity index (χ0) is 12.9. The summed E-state index contributed by atoms with van der Waals surface area (Å²) in [6.07, 6.45) is 6.54. The predicted octanol–water partition coefficient (Wildman–Crippen LogP) is 3.35. The third-order valence-corrected chi connectivity index (χ3v) is 2.55. The Balaban J connectivity index is 1.67. The molecule has 0 saturated carbocycles. The van der Waals surface area contributed by atoms with Crippen molar-refractivity contribution < 1.29 is 4.42 Å². The Morgan fingerprint density at radius 2 is 2.11 bits per heavy atom. The Bertz CT molecular complexity index is 641. The maximum Gasteiger partial charge on any atom is 0.181 e. The van der Waals surface area contributed by atoms with Gasteiger partial charge in [0.1, 0.15) is 12.4 Å². The second kappa shape index (κ2) is 5.26. The molecular formula is C13H11N5O. The molecule has 0 radical (unpaired) electrons. The van der Waals surface area contributed by atoms with Crippen molar-refractivity contribution in [2.75, 3.05) is 0 Å². The highest BCUT2D eigenvalue weighted by atomic mass is 16.3. The molecule has 0 aliphatic rings. The number of hydrogen-bond acceptors (Lipinski definition) is 5. The molecule has 3 rings (SSSR count). The Labute approximate surface area is 109 Å². The van der Waals surface area contributed by atoms with E-state index in [0.717, 1.165) is 22.8 Å². The number of aromatic amines is 1. The van der Waals surface area contributed by atoms with Crippen molar-refractivity contribution in [1.82, 2.24) is 15.0 Å². The summed E-state index contributed by atoms with van der Waals surface area (Å²) in [6, 6.07) is 7.59. The first kappa shape index (κ1) is 11.3. The predicted molar refractivity (Wildman–Crippen MR) is 68.7 cm³/mol.